The Bertz CT molecular complexity index is 426. The van der Waals surface area contributed by atoms with Gasteiger partial charge in [0.1, 0.15) is 5.82 Å². The number of halogens is 1. The summed E-state index contributed by atoms with van der Waals surface area (Å²) in [4.78, 5) is 11.8. The standard InChI is InChI=1S/C15H21FO2S/c1-12(2)9-11-19(18)10-3-4-15(17)13-5-7-14(16)8-6-13/h5-8,12H,3-4,9-11H2,1-2H3. The topological polar surface area (TPSA) is 34.1 Å². The van der Waals surface area contributed by atoms with Crippen molar-refractivity contribution in [2.75, 3.05) is 11.5 Å². The Balaban J connectivity index is 2.27. The average molecular weight is 284 g/mol. The van der Waals surface area contributed by atoms with Crippen LogP contribution in [0, 0.1) is 11.7 Å². The highest BCUT2D eigenvalue weighted by atomic mass is 32.2. The summed E-state index contributed by atoms with van der Waals surface area (Å²) in [5.74, 6) is 1.49. The second-order valence-electron chi connectivity index (χ2n) is 5.06. The lowest BCUT2D eigenvalue weighted by molar-refractivity contribution is 0.0982. The Kier molecular flexibility index (Phi) is 6.92. The number of benzene rings is 1. The predicted molar refractivity (Wildman–Crippen MR) is 77.3 cm³/mol. The molecule has 0 spiro atoms. The lowest BCUT2D eigenvalue weighted by Gasteiger charge is -2.05. The van der Waals surface area contributed by atoms with Gasteiger partial charge in [-0.1, -0.05) is 13.8 Å². The highest BCUT2D eigenvalue weighted by molar-refractivity contribution is 7.84. The van der Waals surface area contributed by atoms with Crippen molar-refractivity contribution in [1.29, 1.82) is 0 Å². The van der Waals surface area contributed by atoms with Crippen molar-refractivity contribution >= 4 is 16.6 Å². The summed E-state index contributed by atoms with van der Waals surface area (Å²) >= 11 is 0. The number of Topliss-reactive ketones (excluding diaryl/α,β-unsaturated/α-hetero) is 1. The van der Waals surface area contributed by atoms with Crippen molar-refractivity contribution in [3.8, 4) is 0 Å². The fourth-order valence-electron chi connectivity index (χ4n) is 1.64. The summed E-state index contributed by atoms with van der Waals surface area (Å²) in [7, 11) is -0.829. The SMILES string of the molecule is CC(C)CCS(=O)CCCC(=O)c1ccc(F)cc1. The molecule has 0 aromatic heterocycles. The van der Waals surface area contributed by atoms with Crippen LogP contribution in [0.15, 0.2) is 24.3 Å². The minimum atomic E-state index is -0.829. The molecule has 0 heterocycles. The van der Waals surface area contributed by atoms with Crippen LogP contribution in [0.2, 0.25) is 0 Å². The van der Waals surface area contributed by atoms with Gasteiger partial charge >= 0.3 is 0 Å². The molecule has 0 aliphatic heterocycles. The third-order valence-electron chi connectivity index (χ3n) is 2.86. The van der Waals surface area contributed by atoms with Crippen molar-refractivity contribution in [2.45, 2.75) is 33.1 Å². The monoisotopic (exact) mass is 284 g/mol. The van der Waals surface area contributed by atoms with Crippen LogP contribution < -0.4 is 0 Å². The lowest BCUT2D eigenvalue weighted by Crippen LogP contribution is -2.07. The molecule has 2 nitrogen and oxygen atoms in total. The first-order valence-corrected chi connectivity index (χ1v) is 8.11. The van der Waals surface area contributed by atoms with Crippen molar-refractivity contribution in [2.24, 2.45) is 5.92 Å². The lowest BCUT2D eigenvalue weighted by atomic mass is 10.1. The quantitative estimate of drug-likeness (QED) is 0.684. The molecule has 1 atom stereocenters. The van der Waals surface area contributed by atoms with E-state index in [9.17, 15) is 13.4 Å². The van der Waals surface area contributed by atoms with Gasteiger partial charge in [-0.3, -0.25) is 9.00 Å². The van der Waals surface area contributed by atoms with E-state index in [4.69, 9.17) is 0 Å². The van der Waals surface area contributed by atoms with E-state index in [0.29, 0.717) is 35.8 Å². The molecule has 1 aromatic carbocycles. The highest BCUT2D eigenvalue weighted by Crippen LogP contribution is 2.08. The number of hydrogen-bond donors (Lipinski definition) is 0. The summed E-state index contributed by atoms with van der Waals surface area (Å²) in [6, 6.07) is 5.56. The minimum Gasteiger partial charge on any atom is -0.294 e. The van der Waals surface area contributed by atoms with Gasteiger partial charge in [0.15, 0.2) is 5.78 Å². The fraction of sp³-hybridized carbons (Fsp3) is 0.533. The highest BCUT2D eigenvalue weighted by Gasteiger charge is 2.07. The van der Waals surface area contributed by atoms with Crippen molar-refractivity contribution < 1.29 is 13.4 Å². The van der Waals surface area contributed by atoms with Gasteiger partial charge in [-0.05, 0) is 43.0 Å². The van der Waals surface area contributed by atoms with Crippen molar-refractivity contribution in [1.82, 2.24) is 0 Å². The Morgan fingerprint density at radius 3 is 2.42 bits per heavy atom. The molecule has 0 bridgehead atoms. The third kappa shape index (κ3) is 6.62. The second-order valence-corrected chi connectivity index (χ2v) is 6.76. The molecule has 0 aliphatic carbocycles. The van der Waals surface area contributed by atoms with Crippen molar-refractivity contribution in [3.63, 3.8) is 0 Å². The molecule has 106 valence electrons. The Hall–Kier alpha value is -1.03. The third-order valence-corrected chi connectivity index (χ3v) is 4.30. The van der Waals surface area contributed by atoms with E-state index in [1.165, 1.54) is 24.3 Å². The largest absolute Gasteiger partial charge is 0.294 e. The van der Waals surface area contributed by atoms with Gasteiger partial charge < -0.3 is 0 Å². The Morgan fingerprint density at radius 2 is 1.84 bits per heavy atom. The molecule has 4 heteroatoms. The Labute approximate surface area is 116 Å². The van der Waals surface area contributed by atoms with E-state index in [1.54, 1.807) is 0 Å². The van der Waals surface area contributed by atoms with Crippen LogP contribution in [0.25, 0.3) is 0 Å². The summed E-state index contributed by atoms with van der Waals surface area (Å²) in [6.45, 7) is 4.21. The summed E-state index contributed by atoms with van der Waals surface area (Å²) in [5.41, 5.74) is 0.523. The van der Waals surface area contributed by atoms with E-state index in [-0.39, 0.29) is 11.6 Å². The van der Waals surface area contributed by atoms with E-state index >= 15 is 0 Å². The molecule has 19 heavy (non-hydrogen) atoms. The van der Waals surface area contributed by atoms with Gasteiger partial charge in [-0.25, -0.2) is 4.39 Å². The maximum absolute atomic E-state index is 12.7. The van der Waals surface area contributed by atoms with Gasteiger partial charge in [0.25, 0.3) is 0 Å². The molecule has 0 fully saturated rings. The molecule has 0 amide bonds. The van der Waals surface area contributed by atoms with E-state index < -0.39 is 10.8 Å². The fourth-order valence-corrected chi connectivity index (χ4v) is 3.05. The minimum absolute atomic E-state index is 0.0131. The molecule has 0 radical (unpaired) electrons. The molecule has 0 N–H and O–H groups in total. The average Bonchev–Trinajstić information content (AvgIpc) is 2.37. The van der Waals surface area contributed by atoms with E-state index in [0.717, 1.165) is 6.42 Å². The summed E-state index contributed by atoms with van der Waals surface area (Å²) in [6.07, 6.45) is 1.96. The first kappa shape index (κ1) is 16.0. The first-order chi connectivity index (χ1) is 8.99. The normalized spacial score (nSPS) is 12.6. The molecule has 1 rings (SSSR count). The number of carbonyl (C=O) groups excluding carboxylic acids is 1. The molecule has 0 aliphatic rings. The van der Waals surface area contributed by atoms with Crippen LogP contribution in [0.5, 0.6) is 0 Å². The van der Waals surface area contributed by atoms with Gasteiger partial charge in [0.05, 0.1) is 0 Å². The van der Waals surface area contributed by atoms with Gasteiger partial charge in [0, 0.05) is 34.3 Å². The second kappa shape index (κ2) is 8.20. The van der Waals surface area contributed by atoms with Gasteiger partial charge in [-0.15, -0.1) is 0 Å². The maximum Gasteiger partial charge on any atom is 0.162 e. The Morgan fingerprint density at radius 1 is 1.21 bits per heavy atom. The molecular formula is C15H21FO2S. The van der Waals surface area contributed by atoms with E-state index in [1.807, 2.05) is 0 Å². The number of hydrogen-bond acceptors (Lipinski definition) is 2. The first-order valence-electron chi connectivity index (χ1n) is 6.62. The van der Waals surface area contributed by atoms with Crippen LogP contribution in [0.3, 0.4) is 0 Å². The maximum atomic E-state index is 12.7. The van der Waals surface area contributed by atoms with E-state index in [2.05, 4.69) is 13.8 Å². The molecule has 0 saturated heterocycles. The zero-order chi connectivity index (χ0) is 14.3. The van der Waals surface area contributed by atoms with Gasteiger partial charge in [-0.2, -0.15) is 0 Å². The zero-order valence-corrected chi connectivity index (χ0v) is 12.3. The van der Waals surface area contributed by atoms with Crippen LogP contribution in [0.4, 0.5) is 4.39 Å². The summed E-state index contributed by atoms with van der Waals surface area (Å²) in [5, 5.41) is 0. The van der Waals surface area contributed by atoms with Crippen LogP contribution in [-0.4, -0.2) is 21.5 Å². The molecule has 0 saturated carbocycles. The number of ketones is 1. The number of carbonyl (C=O) groups is 1. The number of rotatable bonds is 8. The van der Waals surface area contributed by atoms with Crippen LogP contribution in [-0.2, 0) is 10.8 Å². The predicted octanol–water partition coefficient (Wildman–Crippen LogP) is 3.58. The summed E-state index contributed by atoms with van der Waals surface area (Å²) < 4.78 is 24.4. The van der Waals surface area contributed by atoms with Gasteiger partial charge in [0.2, 0.25) is 0 Å². The smallest absolute Gasteiger partial charge is 0.162 e. The zero-order valence-electron chi connectivity index (χ0n) is 11.5. The molecule has 1 unspecified atom stereocenters. The van der Waals surface area contributed by atoms with Crippen LogP contribution in [0.1, 0.15) is 43.5 Å². The molecule has 1 aromatic rings. The van der Waals surface area contributed by atoms with Crippen molar-refractivity contribution in [3.05, 3.63) is 35.6 Å². The molecular weight excluding hydrogens is 263 g/mol. The van der Waals surface area contributed by atoms with Crippen LogP contribution >= 0.6 is 0 Å².